The molecule has 3 aliphatic heterocycles. The van der Waals surface area contributed by atoms with Gasteiger partial charge in [-0.15, -0.1) is 0 Å². The molecule has 0 saturated carbocycles. The van der Waals surface area contributed by atoms with Crippen LogP contribution >= 0.6 is 35.1 Å². The maximum Gasteiger partial charge on any atom is 0.409 e. The van der Waals surface area contributed by atoms with Crippen LogP contribution < -0.4 is 0 Å². The number of amides is 1. The first-order chi connectivity index (χ1) is 17.9. The van der Waals surface area contributed by atoms with Crippen molar-refractivity contribution in [1.29, 1.82) is 0 Å². The number of benzene rings is 2. The van der Waals surface area contributed by atoms with Crippen molar-refractivity contribution in [3.8, 4) is 0 Å². The predicted octanol–water partition coefficient (Wildman–Crippen LogP) is 7.59. The zero-order valence-corrected chi connectivity index (χ0v) is 22.6. The van der Waals surface area contributed by atoms with E-state index < -0.39 is 56.3 Å². The van der Waals surface area contributed by atoms with E-state index >= 15 is 0 Å². The Kier molecular flexibility index (Phi) is 6.57. The average Bonchev–Trinajstić information content (AvgIpc) is 3.43. The second-order valence-electron chi connectivity index (χ2n) is 10.3. The van der Waals surface area contributed by atoms with Crippen molar-refractivity contribution in [2.45, 2.75) is 49.6 Å². The number of hydrogen-bond acceptors (Lipinski definition) is 4. The normalized spacial score (nSPS) is 22.6. The maximum atomic E-state index is 14.4. The van der Waals surface area contributed by atoms with Gasteiger partial charge in [-0.2, -0.15) is 26.3 Å². The van der Waals surface area contributed by atoms with Crippen LogP contribution in [-0.2, 0) is 26.5 Å². The maximum absolute atomic E-state index is 14.4. The monoisotopic (exact) mass is 614 g/mol. The highest BCUT2D eigenvalue weighted by Gasteiger charge is 2.61. The van der Waals surface area contributed by atoms with Crippen LogP contribution in [0.3, 0.4) is 0 Å². The lowest BCUT2D eigenvalue weighted by atomic mass is 9.81. The van der Waals surface area contributed by atoms with Crippen LogP contribution in [0.25, 0.3) is 0 Å². The second kappa shape index (κ2) is 8.99. The van der Waals surface area contributed by atoms with E-state index in [9.17, 15) is 35.5 Å². The number of alkyl halides is 6. The van der Waals surface area contributed by atoms with Crippen LogP contribution in [0.15, 0.2) is 34.7 Å². The minimum Gasteiger partial charge on any atom is -0.362 e. The van der Waals surface area contributed by atoms with E-state index in [1.165, 1.54) is 0 Å². The summed E-state index contributed by atoms with van der Waals surface area (Å²) in [5, 5.41) is -1.08. The summed E-state index contributed by atoms with van der Waals surface area (Å²) < 4.78 is 104. The third-order valence-electron chi connectivity index (χ3n) is 7.49. The minimum atomic E-state index is -4.79. The standard InChI is InChI=1S/C25H19Cl2F7N2O2S/c1-21(2,24(29,30)31)20(37)36-10-22(11-36)15-4-3-12(5-13(15)9-38-22)18-8-23(39-35-18,25(32,33)34)14-6-16(26)19(28)17(27)7-14/h3-7H,8-11H2,1-2H3. The van der Waals surface area contributed by atoms with Gasteiger partial charge in [0.1, 0.15) is 11.0 Å². The number of rotatable bonds is 3. The molecule has 0 radical (unpaired) electrons. The van der Waals surface area contributed by atoms with Crippen LogP contribution in [0.1, 0.15) is 42.5 Å². The van der Waals surface area contributed by atoms with Crippen molar-refractivity contribution in [2.24, 2.45) is 9.81 Å². The average molecular weight is 615 g/mol. The van der Waals surface area contributed by atoms with Gasteiger partial charge >= 0.3 is 12.4 Å². The van der Waals surface area contributed by atoms with Crippen molar-refractivity contribution in [3.05, 3.63) is 68.4 Å². The molecule has 4 nitrogen and oxygen atoms in total. The molecule has 1 amide bonds. The lowest BCUT2D eigenvalue weighted by molar-refractivity contribution is -0.228. The third kappa shape index (κ3) is 4.33. The van der Waals surface area contributed by atoms with E-state index in [2.05, 4.69) is 4.40 Å². The van der Waals surface area contributed by atoms with Crippen molar-refractivity contribution in [2.75, 3.05) is 13.1 Å². The van der Waals surface area contributed by atoms with Gasteiger partial charge in [0.05, 0.1) is 35.5 Å². The van der Waals surface area contributed by atoms with Crippen LogP contribution in [-0.4, -0.2) is 42.0 Å². The van der Waals surface area contributed by atoms with E-state index in [0.717, 1.165) is 30.9 Å². The summed E-state index contributed by atoms with van der Waals surface area (Å²) in [5.74, 6) is -2.08. The number of likely N-dealkylation sites (tertiary alicyclic amines) is 1. The van der Waals surface area contributed by atoms with Crippen molar-refractivity contribution < 1.29 is 40.3 Å². The summed E-state index contributed by atoms with van der Waals surface area (Å²) in [6.07, 6.45) is -10.1. The number of carbonyl (C=O) groups is 1. The molecule has 1 atom stereocenters. The molecular formula is C25H19Cl2F7N2O2S. The Labute approximate surface area is 232 Å². The Morgan fingerprint density at radius 1 is 1.05 bits per heavy atom. The number of nitrogens with zero attached hydrogens (tertiary/aromatic N) is 2. The van der Waals surface area contributed by atoms with Gasteiger partial charge in [0, 0.05) is 6.42 Å². The third-order valence-corrected chi connectivity index (χ3v) is 9.28. The van der Waals surface area contributed by atoms with Crippen LogP contribution in [0, 0.1) is 11.2 Å². The summed E-state index contributed by atoms with van der Waals surface area (Å²) in [5.41, 5.74) is -2.03. The summed E-state index contributed by atoms with van der Waals surface area (Å²) in [4.78, 5) is 13.6. The first-order valence-electron chi connectivity index (χ1n) is 11.5. The first-order valence-corrected chi connectivity index (χ1v) is 13.1. The molecule has 1 spiro atoms. The minimum absolute atomic E-state index is 0.0713. The van der Waals surface area contributed by atoms with Crippen LogP contribution in [0.5, 0.6) is 0 Å². The SMILES string of the molecule is CC(C)(C(=O)N1CC2(C1)OCc1cc(C3=NSC(c4cc(Cl)c(F)c(Cl)c4)(C(F)(F)F)C3)ccc12)C(F)(F)F. The van der Waals surface area contributed by atoms with Crippen molar-refractivity contribution in [3.63, 3.8) is 0 Å². The fourth-order valence-corrected chi connectivity index (χ4v) is 6.42. The van der Waals surface area contributed by atoms with Crippen LogP contribution in [0.4, 0.5) is 30.7 Å². The lowest BCUT2D eigenvalue weighted by Gasteiger charge is -2.49. The second-order valence-corrected chi connectivity index (χ2v) is 12.2. The molecule has 0 N–H and O–H groups in total. The van der Waals surface area contributed by atoms with Crippen LogP contribution in [0.2, 0.25) is 10.0 Å². The van der Waals surface area contributed by atoms with E-state index in [1.807, 2.05) is 0 Å². The molecule has 2 aromatic carbocycles. The highest BCUT2D eigenvalue weighted by Crippen LogP contribution is 2.57. The molecule has 0 bridgehead atoms. The zero-order chi connectivity index (χ0) is 28.8. The van der Waals surface area contributed by atoms with E-state index in [0.29, 0.717) is 16.7 Å². The topological polar surface area (TPSA) is 41.9 Å². The number of fused-ring (bicyclic) bond motifs is 2. The number of halogens is 9. The molecule has 3 aliphatic rings. The van der Waals surface area contributed by atoms with Gasteiger partial charge < -0.3 is 9.64 Å². The number of hydrogen-bond donors (Lipinski definition) is 0. The van der Waals surface area contributed by atoms with E-state index in [1.54, 1.807) is 18.2 Å². The molecule has 0 aromatic heterocycles. The van der Waals surface area contributed by atoms with Gasteiger partial charge in [0.25, 0.3) is 0 Å². The fraction of sp³-hybridized carbons (Fsp3) is 0.440. The molecule has 210 valence electrons. The summed E-state index contributed by atoms with van der Waals surface area (Å²) in [7, 11) is 0. The molecule has 2 aromatic rings. The fourth-order valence-electron chi connectivity index (χ4n) is 4.97. The molecule has 39 heavy (non-hydrogen) atoms. The Balaban J connectivity index is 1.38. The van der Waals surface area contributed by atoms with Gasteiger partial charge in [-0.25, -0.2) is 8.79 Å². The predicted molar refractivity (Wildman–Crippen MR) is 132 cm³/mol. The Morgan fingerprint density at radius 2 is 1.67 bits per heavy atom. The molecular weight excluding hydrogens is 596 g/mol. The highest BCUT2D eigenvalue weighted by molar-refractivity contribution is 7.99. The number of ether oxygens (including phenoxy) is 1. The summed E-state index contributed by atoms with van der Waals surface area (Å²) >= 11 is 11.9. The molecule has 1 saturated heterocycles. The summed E-state index contributed by atoms with van der Waals surface area (Å²) in [6, 6.07) is 6.62. The van der Waals surface area contributed by atoms with E-state index in [-0.39, 0.29) is 42.9 Å². The smallest absolute Gasteiger partial charge is 0.362 e. The Morgan fingerprint density at radius 3 is 2.23 bits per heavy atom. The van der Waals surface area contributed by atoms with Crippen molar-refractivity contribution >= 4 is 46.8 Å². The Hall–Kier alpha value is -2.02. The summed E-state index contributed by atoms with van der Waals surface area (Å²) in [6.45, 7) is 1.58. The lowest BCUT2D eigenvalue weighted by Crippen LogP contribution is -2.64. The first kappa shape index (κ1) is 28.5. The van der Waals surface area contributed by atoms with Gasteiger partial charge in [0.15, 0.2) is 10.6 Å². The molecule has 3 heterocycles. The molecule has 14 heteroatoms. The van der Waals surface area contributed by atoms with Gasteiger partial charge in [-0.05, 0) is 66.2 Å². The zero-order valence-electron chi connectivity index (χ0n) is 20.2. The quantitative estimate of drug-likeness (QED) is 0.203. The van der Waals surface area contributed by atoms with Gasteiger partial charge in [-0.3, -0.25) is 4.79 Å². The highest BCUT2D eigenvalue weighted by atomic mass is 35.5. The molecule has 1 fully saturated rings. The number of carbonyl (C=O) groups excluding carboxylic acids is 1. The van der Waals surface area contributed by atoms with E-state index in [4.69, 9.17) is 27.9 Å². The Bertz CT molecular complexity index is 1380. The molecule has 5 rings (SSSR count). The van der Waals surface area contributed by atoms with Crippen molar-refractivity contribution in [1.82, 2.24) is 4.90 Å². The molecule has 1 unspecified atom stereocenters. The van der Waals surface area contributed by atoms with Gasteiger partial charge in [0.2, 0.25) is 5.91 Å². The largest absolute Gasteiger partial charge is 0.409 e. The molecule has 0 aliphatic carbocycles. The van der Waals surface area contributed by atoms with Gasteiger partial charge in [-0.1, -0.05) is 35.3 Å².